The van der Waals surface area contributed by atoms with E-state index in [0.29, 0.717) is 0 Å². The largest absolute Gasteiger partial charge is 0.488 e. The Morgan fingerprint density at radius 2 is 2.17 bits per heavy atom. The van der Waals surface area contributed by atoms with Gasteiger partial charge in [0.2, 0.25) is 0 Å². The molecule has 0 amide bonds. The third-order valence-electron chi connectivity index (χ3n) is 2.46. The first-order valence-electron chi connectivity index (χ1n) is 6.61. The van der Waals surface area contributed by atoms with Gasteiger partial charge in [-0.3, -0.25) is 4.68 Å². The molecule has 0 unspecified atom stereocenters. The molecule has 0 aliphatic rings. The zero-order valence-corrected chi connectivity index (χ0v) is 11.7. The molecule has 0 atom stereocenters. The van der Waals surface area contributed by atoms with Gasteiger partial charge < -0.3 is 14.8 Å². The van der Waals surface area contributed by atoms with Gasteiger partial charge in [0.15, 0.2) is 5.75 Å². The first-order valence-corrected chi connectivity index (χ1v) is 6.61. The summed E-state index contributed by atoms with van der Waals surface area (Å²) in [6.07, 6.45) is 6.19. The van der Waals surface area contributed by atoms with Crippen molar-refractivity contribution in [3.05, 3.63) is 12.4 Å². The van der Waals surface area contributed by atoms with E-state index in [2.05, 4.69) is 10.4 Å². The van der Waals surface area contributed by atoms with Crippen LogP contribution in [0.25, 0.3) is 0 Å². The van der Waals surface area contributed by atoms with E-state index in [1.165, 1.54) is 0 Å². The zero-order chi connectivity index (χ0) is 13.2. The van der Waals surface area contributed by atoms with Crippen molar-refractivity contribution in [2.24, 2.45) is 0 Å². The number of hydrogen-bond donors (Lipinski definition) is 1. The fraction of sp³-hybridized carbons (Fsp3) is 0.769. The summed E-state index contributed by atoms with van der Waals surface area (Å²) in [7, 11) is 1.72. The number of aryl methyl sites for hydroxylation is 1. The van der Waals surface area contributed by atoms with E-state index < -0.39 is 0 Å². The van der Waals surface area contributed by atoms with Crippen molar-refractivity contribution < 1.29 is 9.47 Å². The van der Waals surface area contributed by atoms with E-state index in [0.717, 1.165) is 44.8 Å². The predicted octanol–water partition coefficient (Wildman–Crippen LogP) is 1.69. The average molecular weight is 255 g/mol. The fourth-order valence-electron chi connectivity index (χ4n) is 1.62. The van der Waals surface area contributed by atoms with Crippen molar-refractivity contribution in [3.8, 4) is 5.75 Å². The molecule has 1 aromatic heterocycles. The lowest BCUT2D eigenvalue weighted by atomic mass is 10.3. The van der Waals surface area contributed by atoms with E-state index >= 15 is 0 Å². The first kappa shape index (κ1) is 15.0. The maximum absolute atomic E-state index is 5.56. The summed E-state index contributed by atoms with van der Waals surface area (Å²) in [4.78, 5) is 0. The minimum atomic E-state index is 0.202. The van der Waals surface area contributed by atoms with Gasteiger partial charge in [-0.05, 0) is 33.2 Å². The van der Waals surface area contributed by atoms with E-state index in [1.54, 1.807) is 13.3 Å². The number of nitrogens with zero attached hydrogens (tertiary/aromatic N) is 2. The lowest BCUT2D eigenvalue weighted by molar-refractivity contribution is 0.199. The van der Waals surface area contributed by atoms with Crippen LogP contribution < -0.4 is 10.1 Å². The summed E-state index contributed by atoms with van der Waals surface area (Å²) in [6, 6.07) is 0. The van der Waals surface area contributed by atoms with Crippen molar-refractivity contribution >= 4 is 0 Å². The Bertz CT molecular complexity index is 313. The van der Waals surface area contributed by atoms with Crippen molar-refractivity contribution in [2.45, 2.75) is 39.3 Å². The van der Waals surface area contributed by atoms with E-state index in [1.807, 2.05) is 24.7 Å². The molecule has 104 valence electrons. The normalized spacial score (nSPS) is 11.1. The lowest BCUT2D eigenvalue weighted by Gasteiger charge is -2.06. The maximum atomic E-state index is 5.56. The van der Waals surface area contributed by atoms with Gasteiger partial charge in [0, 0.05) is 20.2 Å². The number of unbranched alkanes of at least 4 members (excludes halogenated alkanes) is 1. The summed E-state index contributed by atoms with van der Waals surface area (Å²) in [5.41, 5.74) is 0. The SMILES string of the molecule is COCCNCCCCn1cc(OC(C)C)cn1. The van der Waals surface area contributed by atoms with Crippen molar-refractivity contribution in [1.29, 1.82) is 0 Å². The molecular weight excluding hydrogens is 230 g/mol. The molecule has 0 saturated carbocycles. The number of hydrogen-bond acceptors (Lipinski definition) is 4. The minimum Gasteiger partial charge on any atom is -0.488 e. The topological polar surface area (TPSA) is 48.3 Å². The molecular formula is C13H25N3O2. The van der Waals surface area contributed by atoms with Crippen LogP contribution in [0.2, 0.25) is 0 Å². The van der Waals surface area contributed by atoms with Crippen LogP contribution in [0.3, 0.4) is 0 Å². The Kier molecular flexibility index (Phi) is 7.44. The minimum absolute atomic E-state index is 0.202. The summed E-state index contributed by atoms with van der Waals surface area (Å²) >= 11 is 0. The average Bonchev–Trinajstić information content (AvgIpc) is 2.75. The first-order chi connectivity index (χ1) is 8.72. The van der Waals surface area contributed by atoms with Crippen LogP contribution in [-0.4, -0.2) is 42.7 Å². The molecule has 0 bridgehead atoms. The smallest absolute Gasteiger partial charge is 0.157 e. The molecule has 0 aliphatic heterocycles. The maximum Gasteiger partial charge on any atom is 0.157 e. The monoisotopic (exact) mass is 255 g/mol. The van der Waals surface area contributed by atoms with E-state index in [9.17, 15) is 0 Å². The predicted molar refractivity (Wildman–Crippen MR) is 72.0 cm³/mol. The zero-order valence-electron chi connectivity index (χ0n) is 11.7. The highest BCUT2D eigenvalue weighted by molar-refractivity contribution is 5.11. The molecule has 0 saturated heterocycles. The van der Waals surface area contributed by atoms with Crippen molar-refractivity contribution in [3.63, 3.8) is 0 Å². The van der Waals surface area contributed by atoms with Crippen molar-refractivity contribution in [1.82, 2.24) is 15.1 Å². The second-order valence-electron chi connectivity index (χ2n) is 4.56. The Morgan fingerprint density at radius 1 is 1.33 bits per heavy atom. The summed E-state index contributed by atoms with van der Waals surface area (Å²) in [5.74, 6) is 0.850. The van der Waals surface area contributed by atoms with Crippen LogP contribution in [0.15, 0.2) is 12.4 Å². The summed E-state index contributed by atoms with van der Waals surface area (Å²) in [5, 5.41) is 7.59. The van der Waals surface area contributed by atoms with Crippen LogP contribution in [0.4, 0.5) is 0 Å². The molecule has 0 aromatic carbocycles. The van der Waals surface area contributed by atoms with Gasteiger partial charge in [-0.2, -0.15) is 5.10 Å². The Hall–Kier alpha value is -1.07. The standard InChI is InChI=1S/C13H25N3O2/c1-12(2)18-13-10-15-16(11-13)8-5-4-6-14-7-9-17-3/h10-12,14H,4-9H2,1-3H3. The van der Waals surface area contributed by atoms with E-state index in [4.69, 9.17) is 9.47 Å². The molecule has 0 aliphatic carbocycles. The molecule has 0 radical (unpaired) electrons. The number of nitrogens with one attached hydrogen (secondary N) is 1. The molecule has 5 heteroatoms. The van der Waals surface area contributed by atoms with Gasteiger partial charge in [0.1, 0.15) is 0 Å². The number of methoxy groups -OCH3 is 1. The summed E-state index contributed by atoms with van der Waals surface area (Å²) < 4.78 is 12.5. The third kappa shape index (κ3) is 6.61. The number of ether oxygens (including phenoxy) is 2. The quantitative estimate of drug-likeness (QED) is 0.646. The van der Waals surface area contributed by atoms with Gasteiger partial charge in [-0.15, -0.1) is 0 Å². The van der Waals surface area contributed by atoms with Crippen LogP contribution >= 0.6 is 0 Å². The highest BCUT2D eigenvalue weighted by atomic mass is 16.5. The lowest BCUT2D eigenvalue weighted by Crippen LogP contribution is -2.20. The highest BCUT2D eigenvalue weighted by Crippen LogP contribution is 2.10. The van der Waals surface area contributed by atoms with Crippen LogP contribution in [0.1, 0.15) is 26.7 Å². The van der Waals surface area contributed by atoms with Crippen LogP contribution in [0, 0.1) is 0 Å². The fourth-order valence-corrected chi connectivity index (χ4v) is 1.62. The Balaban J connectivity index is 2.06. The molecule has 1 heterocycles. The molecule has 0 fully saturated rings. The van der Waals surface area contributed by atoms with E-state index in [-0.39, 0.29) is 6.10 Å². The summed E-state index contributed by atoms with van der Waals surface area (Å²) in [6.45, 7) is 7.69. The molecule has 18 heavy (non-hydrogen) atoms. The second-order valence-corrected chi connectivity index (χ2v) is 4.56. The molecule has 5 nitrogen and oxygen atoms in total. The molecule has 1 aromatic rings. The third-order valence-corrected chi connectivity index (χ3v) is 2.46. The number of rotatable bonds is 10. The van der Waals surface area contributed by atoms with Crippen LogP contribution in [-0.2, 0) is 11.3 Å². The molecule has 1 rings (SSSR count). The van der Waals surface area contributed by atoms with Gasteiger partial charge in [-0.25, -0.2) is 0 Å². The molecule has 0 spiro atoms. The number of aromatic nitrogens is 2. The highest BCUT2D eigenvalue weighted by Gasteiger charge is 2.01. The van der Waals surface area contributed by atoms with Gasteiger partial charge >= 0.3 is 0 Å². The van der Waals surface area contributed by atoms with Crippen molar-refractivity contribution in [2.75, 3.05) is 26.8 Å². The Morgan fingerprint density at radius 3 is 2.89 bits per heavy atom. The van der Waals surface area contributed by atoms with Crippen LogP contribution in [0.5, 0.6) is 5.75 Å². The van der Waals surface area contributed by atoms with Gasteiger partial charge in [-0.1, -0.05) is 0 Å². The second kappa shape index (κ2) is 8.94. The van der Waals surface area contributed by atoms with Gasteiger partial charge in [0.25, 0.3) is 0 Å². The molecule has 1 N–H and O–H groups in total. The Labute approximate surface area is 109 Å². The van der Waals surface area contributed by atoms with Gasteiger partial charge in [0.05, 0.1) is 25.1 Å².